The highest BCUT2D eigenvalue weighted by molar-refractivity contribution is 5.79. The van der Waals surface area contributed by atoms with E-state index in [2.05, 4.69) is 6.92 Å². The highest BCUT2D eigenvalue weighted by Crippen LogP contribution is 2.48. The molecular formula is C13H22O2. The Balaban J connectivity index is 2.20. The lowest BCUT2D eigenvalue weighted by Gasteiger charge is -2.44. The van der Waals surface area contributed by atoms with Crippen molar-refractivity contribution >= 4 is 5.78 Å². The Kier molecular flexibility index (Phi) is 3.15. The van der Waals surface area contributed by atoms with Crippen LogP contribution in [0.3, 0.4) is 0 Å². The molecule has 0 aromatic carbocycles. The summed E-state index contributed by atoms with van der Waals surface area (Å²) in [5, 5.41) is 0. The normalized spacial score (nSPS) is 42.1. The molecule has 0 N–H and O–H groups in total. The van der Waals surface area contributed by atoms with Crippen molar-refractivity contribution in [2.75, 3.05) is 7.11 Å². The van der Waals surface area contributed by atoms with Crippen LogP contribution in [0.15, 0.2) is 0 Å². The summed E-state index contributed by atoms with van der Waals surface area (Å²) < 4.78 is 5.67. The van der Waals surface area contributed by atoms with E-state index >= 15 is 0 Å². The molecule has 0 spiro atoms. The Hall–Kier alpha value is -0.370. The van der Waals surface area contributed by atoms with Crippen LogP contribution in [0.1, 0.15) is 51.9 Å². The predicted molar refractivity (Wildman–Crippen MR) is 59.7 cm³/mol. The van der Waals surface area contributed by atoms with Crippen LogP contribution in [0.2, 0.25) is 0 Å². The summed E-state index contributed by atoms with van der Waals surface area (Å²) in [6, 6.07) is 0. The van der Waals surface area contributed by atoms with Crippen molar-refractivity contribution in [2.24, 2.45) is 11.3 Å². The Morgan fingerprint density at radius 3 is 2.80 bits per heavy atom. The maximum absolute atomic E-state index is 11.5. The van der Waals surface area contributed by atoms with E-state index in [0.29, 0.717) is 17.8 Å². The largest absolute Gasteiger partial charge is 0.381 e. The average molecular weight is 210 g/mol. The molecule has 3 atom stereocenters. The van der Waals surface area contributed by atoms with Gasteiger partial charge < -0.3 is 4.74 Å². The van der Waals surface area contributed by atoms with Gasteiger partial charge in [0.15, 0.2) is 0 Å². The number of rotatable bonds is 1. The second-order valence-corrected chi connectivity index (χ2v) is 5.45. The predicted octanol–water partition coefficient (Wildman–Crippen LogP) is 2.95. The third-order valence-electron chi connectivity index (χ3n) is 4.64. The molecule has 0 bridgehead atoms. The van der Waals surface area contributed by atoms with E-state index in [1.807, 2.05) is 7.11 Å². The molecule has 0 unspecified atom stereocenters. The standard InChI is InChI=1S/C13H22O2/c1-13-8-7-11(14)9-10(13)5-3-4-6-12(13)15-2/h10,12H,3-9H2,1-2H3/t10-,12-,13+/m1/s1. The van der Waals surface area contributed by atoms with E-state index in [4.69, 9.17) is 4.74 Å². The quantitative estimate of drug-likeness (QED) is 0.665. The van der Waals surface area contributed by atoms with Crippen molar-refractivity contribution in [3.8, 4) is 0 Å². The molecular weight excluding hydrogens is 188 g/mol. The number of ether oxygens (including phenoxy) is 1. The number of hydrogen-bond donors (Lipinski definition) is 0. The molecule has 2 rings (SSSR count). The van der Waals surface area contributed by atoms with E-state index in [0.717, 1.165) is 19.3 Å². The average Bonchev–Trinajstić information content (AvgIpc) is 2.38. The van der Waals surface area contributed by atoms with Crippen LogP contribution in [0, 0.1) is 11.3 Å². The smallest absolute Gasteiger partial charge is 0.133 e. The molecule has 0 saturated heterocycles. The van der Waals surface area contributed by atoms with E-state index in [1.165, 1.54) is 25.7 Å². The fourth-order valence-electron chi connectivity index (χ4n) is 3.52. The fourth-order valence-corrected chi connectivity index (χ4v) is 3.52. The van der Waals surface area contributed by atoms with Gasteiger partial charge in [0.25, 0.3) is 0 Å². The van der Waals surface area contributed by atoms with Crippen molar-refractivity contribution in [1.82, 2.24) is 0 Å². The number of carbonyl (C=O) groups excluding carboxylic acids is 1. The number of Topliss-reactive ketones (excluding diaryl/α,β-unsaturated/α-hetero) is 1. The van der Waals surface area contributed by atoms with Gasteiger partial charge in [-0.1, -0.05) is 19.8 Å². The molecule has 86 valence electrons. The summed E-state index contributed by atoms with van der Waals surface area (Å²) in [7, 11) is 1.83. The zero-order valence-electron chi connectivity index (χ0n) is 9.92. The van der Waals surface area contributed by atoms with Gasteiger partial charge in [-0.3, -0.25) is 4.79 Å². The van der Waals surface area contributed by atoms with Gasteiger partial charge in [-0.25, -0.2) is 0 Å². The Labute approximate surface area is 92.4 Å². The van der Waals surface area contributed by atoms with E-state index in [-0.39, 0.29) is 5.41 Å². The molecule has 0 amide bonds. The van der Waals surface area contributed by atoms with Gasteiger partial charge in [-0.05, 0) is 30.6 Å². The first-order valence-corrected chi connectivity index (χ1v) is 6.21. The summed E-state index contributed by atoms with van der Waals surface area (Å²) in [6.07, 6.45) is 7.92. The van der Waals surface area contributed by atoms with Crippen LogP contribution >= 0.6 is 0 Å². The molecule has 2 saturated carbocycles. The molecule has 2 aliphatic rings. The molecule has 0 radical (unpaired) electrons. The first kappa shape index (κ1) is 11.1. The minimum atomic E-state index is 0.263. The molecule has 0 aromatic heterocycles. The lowest BCUT2D eigenvalue weighted by Crippen LogP contribution is -2.43. The summed E-state index contributed by atoms with van der Waals surface area (Å²) in [6.45, 7) is 2.34. The summed E-state index contributed by atoms with van der Waals surface area (Å²) >= 11 is 0. The topological polar surface area (TPSA) is 26.3 Å². The van der Waals surface area contributed by atoms with Gasteiger partial charge >= 0.3 is 0 Å². The van der Waals surface area contributed by atoms with E-state index in [9.17, 15) is 4.79 Å². The Morgan fingerprint density at radius 1 is 1.33 bits per heavy atom. The molecule has 2 nitrogen and oxygen atoms in total. The Morgan fingerprint density at radius 2 is 2.07 bits per heavy atom. The van der Waals surface area contributed by atoms with Crippen LogP contribution in [0.4, 0.5) is 0 Å². The molecule has 0 aromatic rings. The monoisotopic (exact) mass is 210 g/mol. The van der Waals surface area contributed by atoms with Crippen molar-refractivity contribution in [3.05, 3.63) is 0 Å². The maximum Gasteiger partial charge on any atom is 0.133 e. The van der Waals surface area contributed by atoms with Gasteiger partial charge in [0.05, 0.1) is 6.10 Å². The van der Waals surface area contributed by atoms with Gasteiger partial charge in [-0.15, -0.1) is 0 Å². The number of fused-ring (bicyclic) bond motifs is 1. The zero-order valence-corrected chi connectivity index (χ0v) is 9.92. The van der Waals surface area contributed by atoms with Crippen LogP contribution in [-0.2, 0) is 9.53 Å². The number of methoxy groups -OCH3 is 1. The highest BCUT2D eigenvalue weighted by Gasteiger charge is 2.45. The maximum atomic E-state index is 11.5. The SMILES string of the molecule is CO[C@@H]1CCCC[C@@H]2CC(=O)CC[C@@]21C. The highest BCUT2D eigenvalue weighted by atomic mass is 16.5. The number of hydrogen-bond acceptors (Lipinski definition) is 2. The second kappa shape index (κ2) is 4.25. The Bertz CT molecular complexity index is 249. The van der Waals surface area contributed by atoms with Crippen molar-refractivity contribution in [3.63, 3.8) is 0 Å². The third-order valence-corrected chi connectivity index (χ3v) is 4.64. The molecule has 15 heavy (non-hydrogen) atoms. The van der Waals surface area contributed by atoms with Gasteiger partial charge in [0.2, 0.25) is 0 Å². The summed E-state index contributed by atoms with van der Waals surface area (Å²) in [5.74, 6) is 1.04. The number of ketones is 1. The summed E-state index contributed by atoms with van der Waals surface area (Å²) in [5.41, 5.74) is 0.263. The van der Waals surface area contributed by atoms with Crippen LogP contribution in [-0.4, -0.2) is 19.0 Å². The lowest BCUT2D eigenvalue weighted by atomic mass is 9.63. The minimum Gasteiger partial charge on any atom is -0.381 e. The van der Waals surface area contributed by atoms with Gasteiger partial charge in [0, 0.05) is 20.0 Å². The van der Waals surface area contributed by atoms with E-state index in [1.54, 1.807) is 0 Å². The van der Waals surface area contributed by atoms with Crippen LogP contribution < -0.4 is 0 Å². The minimum absolute atomic E-state index is 0.263. The molecule has 0 heterocycles. The van der Waals surface area contributed by atoms with Gasteiger partial charge in [-0.2, -0.15) is 0 Å². The lowest BCUT2D eigenvalue weighted by molar-refractivity contribution is -0.129. The van der Waals surface area contributed by atoms with Gasteiger partial charge in [0.1, 0.15) is 5.78 Å². The number of carbonyl (C=O) groups is 1. The molecule has 0 aliphatic heterocycles. The van der Waals surface area contributed by atoms with Crippen molar-refractivity contribution in [2.45, 2.75) is 58.0 Å². The van der Waals surface area contributed by atoms with Crippen molar-refractivity contribution < 1.29 is 9.53 Å². The molecule has 2 fully saturated rings. The first-order chi connectivity index (χ1) is 7.16. The summed E-state index contributed by atoms with van der Waals surface area (Å²) in [4.78, 5) is 11.5. The third kappa shape index (κ3) is 1.96. The second-order valence-electron chi connectivity index (χ2n) is 5.45. The van der Waals surface area contributed by atoms with Crippen LogP contribution in [0.5, 0.6) is 0 Å². The molecule has 2 heteroatoms. The van der Waals surface area contributed by atoms with Crippen molar-refractivity contribution in [1.29, 1.82) is 0 Å². The van der Waals surface area contributed by atoms with E-state index < -0.39 is 0 Å². The molecule has 2 aliphatic carbocycles. The first-order valence-electron chi connectivity index (χ1n) is 6.21. The zero-order chi connectivity index (χ0) is 10.9. The van der Waals surface area contributed by atoms with Crippen LogP contribution in [0.25, 0.3) is 0 Å². The fraction of sp³-hybridized carbons (Fsp3) is 0.923.